The Kier molecular flexibility index (Phi) is 5.85. The van der Waals surface area contributed by atoms with Crippen molar-refractivity contribution in [3.63, 3.8) is 0 Å². The lowest BCUT2D eigenvalue weighted by Gasteiger charge is -2.10. The van der Waals surface area contributed by atoms with Crippen molar-refractivity contribution in [3.8, 4) is 5.75 Å². The lowest BCUT2D eigenvalue weighted by atomic mass is 10.1. The molecular formula is C24H22N4O2. The van der Waals surface area contributed by atoms with Gasteiger partial charge in [-0.1, -0.05) is 30.3 Å². The van der Waals surface area contributed by atoms with Crippen molar-refractivity contribution in [1.29, 1.82) is 0 Å². The van der Waals surface area contributed by atoms with E-state index in [1.165, 1.54) is 0 Å². The predicted molar refractivity (Wildman–Crippen MR) is 118 cm³/mol. The first kappa shape index (κ1) is 19.4. The topological polar surface area (TPSA) is 76.1 Å². The molecule has 0 bridgehead atoms. The van der Waals surface area contributed by atoms with Gasteiger partial charge in [0, 0.05) is 18.1 Å². The van der Waals surface area contributed by atoms with Gasteiger partial charge in [-0.2, -0.15) is 0 Å². The van der Waals surface area contributed by atoms with Crippen molar-refractivity contribution in [3.05, 3.63) is 90.4 Å². The number of fused-ring (bicyclic) bond motifs is 1. The van der Waals surface area contributed by atoms with Crippen LogP contribution in [0.15, 0.2) is 79.1 Å². The predicted octanol–water partition coefficient (Wildman–Crippen LogP) is 4.35. The van der Waals surface area contributed by atoms with Crippen LogP contribution in [0.2, 0.25) is 0 Å². The summed E-state index contributed by atoms with van der Waals surface area (Å²) in [6.45, 7) is 0.523. The summed E-state index contributed by atoms with van der Waals surface area (Å²) in [5.41, 5.74) is 4.05. The maximum absolute atomic E-state index is 12.4. The fraction of sp³-hybridized carbons (Fsp3) is 0.125. The molecule has 4 aromatic rings. The molecule has 0 aliphatic rings. The van der Waals surface area contributed by atoms with Crippen molar-refractivity contribution in [1.82, 2.24) is 15.3 Å². The molecule has 0 unspecified atom stereocenters. The van der Waals surface area contributed by atoms with Gasteiger partial charge in [-0.3, -0.25) is 9.78 Å². The number of amides is 1. The van der Waals surface area contributed by atoms with Crippen LogP contribution in [0.25, 0.3) is 10.9 Å². The Morgan fingerprint density at radius 3 is 2.70 bits per heavy atom. The number of nitrogens with one attached hydrogen (secondary N) is 2. The molecule has 0 saturated heterocycles. The fourth-order valence-corrected chi connectivity index (χ4v) is 3.20. The SMILES string of the molecule is COc1cccc(CCNC(=O)c2ccc(Nc3cccc4cccnc34)cn2)c1. The van der Waals surface area contributed by atoms with Crippen LogP contribution in [0.5, 0.6) is 5.75 Å². The molecule has 4 rings (SSSR count). The number of carbonyl (C=O) groups excluding carboxylic acids is 1. The van der Waals surface area contributed by atoms with Crippen LogP contribution in [0.4, 0.5) is 11.4 Å². The van der Waals surface area contributed by atoms with E-state index < -0.39 is 0 Å². The van der Waals surface area contributed by atoms with Gasteiger partial charge in [-0.15, -0.1) is 0 Å². The molecule has 0 spiro atoms. The molecule has 1 amide bonds. The maximum Gasteiger partial charge on any atom is 0.269 e. The number of ether oxygens (including phenoxy) is 1. The molecule has 0 radical (unpaired) electrons. The largest absolute Gasteiger partial charge is 0.497 e. The average Bonchev–Trinajstić information content (AvgIpc) is 2.80. The highest BCUT2D eigenvalue weighted by atomic mass is 16.5. The zero-order chi connectivity index (χ0) is 20.8. The van der Waals surface area contributed by atoms with E-state index in [4.69, 9.17) is 4.74 Å². The minimum absolute atomic E-state index is 0.198. The summed E-state index contributed by atoms with van der Waals surface area (Å²) in [5.74, 6) is 0.612. The Bertz CT molecular complexity index is 1150. The summed E-state index contributed by atoms with van der Waals surface area (Å²) in [6.07, 6.45) is 4.14. The standard InChI is InChI=1S/C24H22N4O2/c1-30-20-8-2-5-17(15-20)12-14-26-24(29)22-11-10-19(16-27-22)28-21-9-3-6-18-7-4-13-25-23(18)21/h2-11,13,15-16,28H,12,14H2,1H3,(H,26,29). The van der Waals surface area contributed by atoms with Crippen LogP contribution in [-0.2, 0) is 6.42 Å². The van der Waals surface area contributed by atoms with E-state index in [-0.39, 0.29) is 5.91 Å². The van der Waals surface area contributed by atoms with Gasteiger partial charge in [-0.05, 0) is 48.4 Å². The van der Waals surface area contributed by atoms with Gasteiger partial charge in [0.15, 0.2) is 0 Å². The van der Waals surface area contributed by atoms with Crippen molar-refractivity contribution >= 4 is 28.2 Å². The molecule has 2 N–H and O–H groups in total. The maximum atomic E-state index is 12.4. The van der Waals surface area contributed by atoms with Crippen molar-refractivity contribution < 1.29 is 9.53 Å². The quantitative estimate of drug-likeness (QED) is 0.484. The number of hydrogen-bond donors (Lipinski definition) is 2. The third kappa shape index (κ3) is 4.55. The summed E-state index contributed by atoms with van der Waals surface area (Å²) in [5, 5.41) is 7.28. The van der Waals surface area contributed by atoms with Gasteiger partial charge in [-0.25, -0.2) is 4.98 Å². The van der Waals surface area contributed by atoms with Crippen LogP contribution < -0.4 is 15.4 Å². The number of hydrogen-bond acceptors (Lipinski definition) is 5. The van der Waals surface area contributed by atoms with E-state index in [0.717, 1.165) is 40.0 Å². The van der Waals surface area contributed by atoms with E-state index >= 15 is 0 Å². The third-order valence-electron chi connectivity index (χ3n) is 4.74. The fourth-order valence-electron chi connectivity index (χ4n) is 3.20. The number of carbonyl (C=O) groups is 1. The minimum Gasteiger partial charge on any atom is -0.497 e. The summed E-state index contributed by atoms with van der Waals surface area (Å²) in [7, 11) is 1.64. The molecule has 0 fully saturated rings. The lowest BCUT2D eigenvalue weighted by molar-refractivity contribution is 0.0949. The Labute approximate surface area is 175 Å². The number of rotatable bonds is 7. The van der Waals surface area contributed by atoms with Crippen LogP contribution in [0, 0.1) is 0 Å². The molecule has 0 saturated carbocycles. The first-order valence-electron chi connectivity index (χ1n) is 9.71. The Hall–Kier alpha value is -3.93. The summed E-state index contributed by atoms with van der Waals surface area (Å²) < 4.78 is 5.22. The second-order valence-corrected chi connectivity index (χ2v) is 6.80. The van der Waals surface area contributed by atoms with Crippen molar-refractivity contribution in [2.24, 2.45) is 0 Å². The van der Waals surface area contributed by atoms with Gasteiger partial charge < -0.3 is 15.4 Å². The number of anilines is 2. The van der Waals surface area contributed by atoms with Gasteiger partial charge in [0.25, 0.3) is 5.91 Å². The molecule has 150 valence electrons. The minimum atomic E-state index is -0.198. The number of nitrogens with zero attached hydrogens (tertiary/aromatic N) is 2. The van der Waals surface area contributed by atoms with E-state index in [2.05, 4.69) is 20.6 Å². The first-order chi connectivity index (χ1) is 14.7. The average molecular weight is 398 g/mol. The molecule has 0 aliphatic carbocycles. The molecule has 2 heterocycles. The number of para-hydroxylation sites is 1. The van der Waals surface area contributed by atoms with Crippen LogP contribution in [0.1, 0.15) is 16.1 Å². The van der Waals surface area contributed by atoms with Gasteiger partial charge >= 0.3 is 0 Å². The first-order valence-corrected chi connectivity index (χ1v) is 9.71. The van der Waals surface area contributed by atoms with Crippen LogP contribution in [-0.4, -0.2) is 29.5 Å². The van der Waals surface area contributed by atoms with Gasteiger partial charge in [0.05, 0.1) is 30.2 Å². The van der Waals surface area contributed by atoms with Crippen molar-refractivity contribution in [2.75, 3.05) is 19.0 Å². The summed E-state index contributed by atoms with van der Waals surface area (Å²) in [6, 6.07) is 21.3. The molecule has 30 heavy (non-hydrogen) atoms. The van der Waals surface area contributed by atoms with Gasteiger partial charge in [0.2, 0.25) is 0 Å². The smallest absolute Gasteiger partial charge is 0.269 e. The zero-order valence-corrected chi connectivity index (χ0v) is 16.6. The Balaban J connectivity index is 1.36. The molecule has 2 aromatic heterocycles. The highest BCUT2D eigenvalue weighted by Gasteiger charge is 2.08. The van der Waals surface area contributed by atoms with E-state index in [1.54, 1.807) is 25.6 Å². The van der Waals surface area contributed by atoms with Crippen molar-refractivity contribution in [2.45, 2.75) is 6.42 Å². The Morgan fingerprint density at radius 2 is 1.87 bits per heavy atom. The molecule has 0 aliphatic heterocycles. The van der Waals surface area contributed by atoms with E-state index in [1.807, 2.05) is 60.7 Å². The molecular weight excluding hydrogens is 376 g/mol. The molecule has 2 aromatic carbocycles. The van der Waals surface area contributed by atoms with Gasteiger partial charge in [0.1, 0.15) is 11.4 Å². The lowest BCUT2D eigenvalue weighted by Crippen LogP contribution is -2.26. The van der Waals surface area contributed by atoms with E-state index in [9.17, 15) is 4.79 Å². The monoisotopic (exact) mass is 398 g/mol. The number of aromatic nitrogens is 2. The Morgan fingerprint density at radius 1 is 1.00 bits per heavy atom. The number of benzene rings is 2. The summed E-state index contributed by atoms with van der Waals surface area (Å²) in [4.78, 5) is 21.1. The van der Waals surface area contributed by atoms with Crippen LogP contribution >= 0.6 is 0 Å². The number of pyridine rings is 2. The highest BCUT2D eigenvalue weighted by molar-refractivity contribution is 5.93. The second-order valence-electron chi connectivity index (χ2n) is 6.80. The van der Waals surface area contributed by atoms with E-state index in [0.29, 0.717) is 12.2 Å². The molecule has 6 heteroatoms. The molecule has 0 atom stereocenters. The second kappa shape index (κ2) is 9.05. The highest BCUT2D eigenvalue weighted by Crippen LogP contribution is 2.24. The van der Waals surface area contributed by atoms with Crippen LogP contribution in [0.3, 0.4) is 0 Å². The normalized spacial score (nSPS) is 10.6. The third-order valence-corrected chi connectivity index (χ3v) is 4.74. The zero-order valence-electron chi connectivity index (χ0n) is 16.6. The molecule has 6 nitrogen and oxygen atoms in total. The number of methoxy groups -OCH3 is 1. The summed E-state index contributed by atoms with van der Waals surface area (Å²) >= 11 is 0.